The maximum atomic E-state index is 13.0. The van der Waals surface area contributed by atoms with Gasteiger partial charge in [-0.1, -0.05) is 6.07 Å². The standard InChI is InChI=1S/C9H11FN2/c10-8-2-1-6-3-4-12-5-7(6)9(8)11/h1-2,12H,3-5,11H2. The Kier molecular flexibility index (Phi) is 1.73. The highest BCUT2D eigenvalue weighted by Crippen LogP contribution is 2.22. The molecule has 3 heteroatoms. The highest BCUT2D eigenvalue weighted by molar-refractivity contribution is 5.52. The minimum absolute atomic E-state index is 0.305. The number of hydrogen-bond acceptors (Lipinski definition) is 2. The second kappa shape index (κ2) is 2.75. The molecule has 1 aromatic rings. The molecule has 0 aliphatic carbocycles. The molecule has 2 nitrogen and oxygen atoms in total. The lowest BCUT2D eigenvalue weighted by atomic mass is 9.99. The van der Waals surface area contributed by atoms with Crippen LogP contribution in [0.3, 0.4) is 0 Å². The summed E-state index contributed by atoms with van der Waals surface area (Å²) >= 11 is 0. The number of nitrogen functional groups attached to an aromatic ring is 1. The SMILES string of the molecule is Nc1c(F)ccc2c1CNCC2. The second-order valence-corrected chi connectivity index (χ2v) is 3.03. The maximum Gasteiger partial charge on any atom is 0.146 e. The van der Waals surface area contributed by atoms with Crippen LogP contribution in [0.2, 0.25) is 0 Å². The Bertz CT molecular complexity index is 310. The number of nitrogens with one attached hydrogen (secondary N) is 1. The van der Waals surface area contributed by atoms with Crippen LogP contribution in [0, 0.1) is 5.82 Å². The van der Waals surface area contributed by atoms with E-state index in [1.165, 1.54) is 11.6 Å². The first kappa shape index (κ1) is 7.55. The number of nitrogens with two attached hydrogens (primary N) is 1. The average Bonchev–Trinajstić information content (AvgIpc) is 2.12. The van der Waals surface area contributed by atoms with E-state index in [1.54, 1.807) is 0 Å². The van der Waals surface area contributed by atoms with Gasteiger partial charge in [0.2, 0.25) is 0 Å². The molecule has 2 rings (SSSR count). The van der Waals surface area contributed by atoms with Crippen molar-refractivity contribution in [2.45, 2.75) is 13.0 Å². The quantitative estimate of drug-likeness (QED) is 0.565. The van der Waals surface area contributed by atoms with Crippen molar-refractivity contribution in [1.82, 2.24) is 5.32 Å². The molecule has 1 heterocycles. The zero-order valence-corrected chi connectivity index (χ0v) is 6.73. The Morgan fingerprint density at radius 2 is 2.25 bits per heavy atom. The van der Waals surface area contributed by atoms with E-state index < -0.39 is 0 Å². The van der Waals surface area contributed by atoms with Crippen molar-refractivity contribution in [3.05, 3.63) is 29.1 Å². The summed E-state index contributed by atoms with van der Waals surface area (Å²) in [5.74, 6) is -0.308. The number of rotatable bonds is 0. The van der Waals surface area contributed by atoms with Gasteiger partial charge in [-0.25, -0.2) is 4.39 Å². The summed E-state index contributed by atoms with van der Waals surface area (Å²) in [7, 11) is 0. The smallest absolute Gasteiger partial charge is 0.146 e. The molecular formula is C9H11FN2. The molecule has 0 atom stereocenters. The monoisotopic (exact) mass is 166 g/mol. The van der Waals surface area contributed by atoms with Gasteiger partial charge in [0.1, 0.15) is 5.82 Å². The van der Waals surface area contributed by atoms with Crippen molar-refractivity contribution < 1.29 is 4.39 Å². The number of hydrogen-bond donors (Lipinski definition) is 2. The number of halogens is 1. The lowest BCUT2D eigenvalue weighted by Crippen LogP contribution is -2.24. The van der Waals surface area contributed by atoms with Crippen LogP contribution in [0.5, 0.6) is 0 Å². The summed E-state index contributed by atoms with van der Waals surface area (Å²) in [6.45, 7) is 1.65. The molecule has 0 unspecified atom stereocenters. The Morgan fingerprint density at radius 3 is 3.08 bits per heavy atom. The van der Waals surface area contributed by atoms with E-state index in [0.717, 1.165) is 18.5 Å². The fraction of sp³-hybridized carbons (Fsp3) is 0.333. The van der Waals surface area contributed by atoms with Gasteiger partial charge in [-0.05, 0) is 30.2 Å². The Morgan fingerprint density at radius 1 is 1.42 bits per heavy atom. The number of benzene rings is 1. The molecule has 1 aromatic carbocycles. The van der Waals surface area contributed by atoms with E-state index in [0.29, 0.717) is 12.2 Å². The van der Waals surface area contributed by atoms with Gasteiger partial charge >= 0.3 is 0 Å². The van der Waals surface area contributed by atoms with Gasteiger partial charge in [0.05, 0.1) is 5.69 Å². The van der Waals surface area contributed by atoms with Gasteiger partial charge in [-0.3, -0.25) is 0 Å². The average molecular weight is 166 g/mol. The third kappa shape index (κ3) is 1.06. The molecule has 0 spiro atoms. The zero-order chi connectivity index (χ0) is 8.55. The molecule has 0 amide bonds. The van der Waals surface area contributed by atoms with Crippen molar-refractivity contribution in [3.63, 3.8) is 0 Å². The molecule has 1 aliphatic heterocycles. The molecule has 3 N–H and O–H groups in total. The van der Waals surface area contributed by atoms with Crippen LogP contribution < -0.4 is 11.1 Å². The van der Waals surface area contributed by atoms with E-state index in [4.69, 9.17) is 5.73 Å². The summed E-state index contributed by atoms with van der Waals surface area (Å²) in [5, 5.41) is 3.16. The zero-order valence-electron chi connectivity index (χ0n) is 6.73. The van der Waals surface area contributed by atoms with Crippen LogP contribution in [-0.2, 0) is 13.0 Å². The lowest BCUT2D eigenvalue weighted by Gasteiger charge is -2.18. The summed E-state index contributed by atoms with van der Waals surface area (Å²) < 4.78 is 13.0. The van der Waals surface area contributed by atoms with E-state index in [1.807, 2.05) is 6.07 Å². The Hall–Kier alpha value is -1.09. The van der Waals surface area contributed by atoms with Gasteiger partial charge in [-0.15, -0.1) is 0 Å². The van der Waals surface area contributed by atoms with Crippen molar-refractivity contribution in [3.8, 4) is 0 Å². The Labute approximate surface area is 70.6 Å². The first-order valence-electron chi connectivity index (χ1n) is 4.05. The van der Waals surface area contributed by atoms with Gasteiger partial charge in [0, 0.05) is 6.54 Å². The highest BCUT2D eigenvalue weighted by atomic mass is 19.1. The van der Waals surface area contributed by atoms with Crippen LogP contribution in [0.15, 0.2) is 12.1 Å². The van der Waals surface area contributed by atoms with Crippen molar-refractivity contribution in [2.24, 2.45) is 0 Å². The van der Waals surface area contributed by atoms with E-state index in [9.17, 15) is 4.39 Å². The largest absolute Gasteiger partial charge is 0.396 e. The molecule has 12 heavy (non-hydrogen) atoms. The van der Waals surface area contributed by atoms with Gasteiger partial charge in [-0.2, -0.15) is 0 Å². The highest BCUT2D eigenvalue weighted by Gasteiger charge is 2.13. The molecular weight excluding hydrogens is 155 g/mol. The number of anilines is 1. The maximum absolute atomic E-state index is 13.0. The molecule has 0 saturated heterocycles. The molecule has 1 aliphatic rings. The van der Waals surface area contributed by atoms with E-state index >= 15 is 0 Å². The second-order valence-electron chi connectivity index (χ2n) is 3.03. The van der Waals surface area contributed by atoms with Crippen molar-refractivity contribution in [1.29, 1.82) is 0 Å². The van der Waals surface area contributed by atoms with Gasteiger partial charge in [0.25, 0.3) is 0 Å². The predicted octanol–water partition coefficient (Wildman–Crippen LogP) is 1.05. The topological polar surface area (TPSA) is 38.0 Å². The minimum Gasteiger partial charge on any atom is -0.396 e. The van der Waals surface area contributed by atoms with Gasteiger partial charge in [0.15, 0.2) is 0 Å². The molecule has 0 saturated carbocycles. The molecule has 0 fully saturated rings. The van der Waals surface area contributed by atoms with Crippen LogP contribution in [-0.4, -0.2) is 6.54 Å². The van der Waals surface area contributed by atoms with Crippen LogP contribution in [0.1, 0.15) is 11.1 Å². The first-order chi connectivity index (χ1) is 5.79. The molecule has 64 valence electrons. The van der Waals surface area contributed by atoms with Gasteiger partial charge < -0.3 is 11.1 Å². The third-order valence-electron chi connectivity index (χ3n) is 2.27. The van der Waals surface area contributed by atoms with Crippen molar-refractivity contribution >= 4 is 5.69 Å². The molecule has 0 bridgehead atoms. The predicted molar refractivity (Wildman–Crippen MR) is 46.2 cm³/mol. The van der Waals surface area contributed by atoms with E-state index in [-0.39, 0.29) is 5.82 Å². The van der Waals surface area contributed by atoms with E-state index in [2.05, 4.69) is 5.32 Å². The van der Waals surface area contributed by atoms with Crippen LogP contribution >= 0.6 is 0 Å². The fourth-order valence-electron chi connectivity index (χ4n) is 1.56. The Balaban J connectivity index is 2.54. The summed E-state index contributed by atoms with van der Waals surface area (Å²) in [4.78, 5) is 0. The normalized spacial score (nSPS) is 15.8. The summed E-state index contributed by atoms with van der Waals surface area (Å²) in [6.07, 6.45) is 0.944. The number of fused-ring (bicyclic) bond motifs is 1. The lowest BCUT2D eigenvalue weighted by molar-refractivity contribution is 0.610. The fourth-order valence-corrected chi connectivity index (χ4v) is 1.56. The van der Waals surface area contributed by atoms with Crippen molar-refractivity contribution in [2.75, 3.05) is 12.3 Å². The van der Waals surface area contributed by atoms with Crippen LogP contribution in [0.4, 0.5) is 10.1 Å². The minimum atomic E-state index is -0.308. The molecule has 0 radical (unpaired) electrons. The third-order valence-corrected chi connectivity index (χ3v) is 2.27. The van der Waals surface area contributed by atoms with Crippen LogP contribution in [0.25, 0.3) is 0 Å². The summed E-state index contributed by atoms with van der Waals surface area (Å²) in [6, 6.07) is 3.27. The summed E-state index contributed by atoms with van der Waals surface area (Å²) in [5.41, 5.74) is 8.00. The first-order valence-corrected chi connectivity index (χ1v) is 4.05. The molecule has 0 aromatic heterocycles.